The summed E-state index contributed by atoms with van der Waals surface area (Å²) in [5, 5.41) is 0. The van der Waals surface area contributed by atoms with Crippen molar-refractivity contribution in [2.45, 2.75) is 50.5 Å². The van der Waals surface area contributed by atoms with Gasteiger partial charge in [0.2, 0.25) is 6.29 Å². The van der Waals surface area contributed by atoms with Crippen molar-refractivity contribution < 1.29 is 47.5 Å². The van der Waals surface area contributed by atoms with Crippen molar-refractivity contribution >= 4 is 11.9 Å². The van der Waals surface area contributed by atoms with Gasteiger partial charge in [-0.3, -0.25) is 0 Å². The van der Waals surface area contributed by atoms with Gasteiger partial charge in [0.15, 0.2) is 0 Å². The van der Waals surface area contributed by atoms with E-state index in [9.17, 15) is 9.59 Å². The second kappa shape index (κ2) is 17.5. The van der Waals surface area contributed by atoms with Crippen LogP contribution in [0.4, 0.5) is 0 Å². The zero-order valence-corrected chi connectivity index (χ0v) is 27.2. The first-order valence-electron chi connectivity index (χ1n) is 15.6. The maximum atomic E-state index is 13.6. The molecule has 0 N–H and O–H groups in total. The third kappa shape index (κ3) is 9.06. The van der Waals surface area contributed by atoms with E-state index >= 15 is 0 Å². The van der Waals surface area contributed by atoms with E-state index in [2.05, 4.69) is 0 Å². The number of benzene rings is 4. The highest BCUT2D eigenvalue weighted by Crippen LogP contribution is 2.31. The quantitative estimate of drug-likeness (QED) is 0.147. The highest BCUT2D eigenvalue weighted by molar-refractivity contribution is 6.03. The maximum Gasteiger partial charge on any atom is 0.341 e. The zero-order valence-electron chi connectivity index (χ0n) is 27.2. The van der Waals surface area contributed by atoms with Crippen LogP contribution in [0.5, 0.6) is 5.75 Å². The number of rotatable bonds is 15. The monoisotopic (exact) mass is 656 g/mol. The topological polar surface area (TPSA) is 108 Å². The van der Waals surface area contributed by atoms with Crippen LogP contribution in [-0.4, -0.2) is 70.6 Å². The fraction of sp³-hybridized carbons (Fsp3) is 0.316. The highest BCUT2D eigenvalue weighted by Gasteiger charge is 2.50. The lowest BCUT2D eigenvalue weighted by Gasteiger charge is -2.45. The molecule has 0 bridgehead atoms. The SMILES string of the molecule is COC(=O)c1ccccc1C(=O)OC1O[C@H](COCc2ccccc2)[C@@H](OCc2ccc(OC)cc2)[C@H](OC)[C@@H]1OCc1ccccc1. The van der Waals surface area contributed by atoms with Crippen LogP contribution in [0.25, 0.3) is 0 Å². The predicted molar refractivity (Wildman–Crippen MR) is 175 cm³/mol. The molecule has 4 aromatic carbocycles. The molecule has 0 amide bonds. The Balaban J connectivity index is 1.43. The molecule has 1 saturated heterocycles. The fourth-order valence-corrected chi connectivity index (χ4v) is 5.42. The number of carbonyl (C=O) groups is 2. The van der Waals surface area contributed by atoms with Gasteiger partial charge in [-0.2, -0.15) is 0 Å². The molecule has 0 radical (unpaired) electrons. The van der Waals surface area contributed by atoms with E-state index < -0.39 is 42.6 Å². The summed E-state index contributed by atoms with van der Waals surface area (Å²) in [6, 6.07) is 33.1. The molecule has 48 heavy (non-hydrogen) atoms. The zero-order chi connectivity index (χ0) is 33.7. The van der Waals surface area contributed by atoms with Crippen LogP contribution in [0.15, 0.2) is 109 Å². The lowest BCUT2D eigenvalue weighted by atomic mass is 9.98. The van der Waals surface area contributed by atoms with Crippen molar-refractivity contribution in [2.75, 3.05) is 27.9 Å². The second-order valence-electron chi connectivity index (χ2n) is 11.1. The van der Waals surface area contributed by atoms with Crippen LogP contribution in [0, 0.1) is 0 Å². The minimum Gasteiger partial charge on any atom is -0.497 e. The average molecular weight is 657 g/mol. The van der Waals surface area contributed by atoms with Crippen LogP contribution >= 0.6 is 0 Å². The lowest BCUT2D eigenvalue weighted by molar-refractivity contribution is -0.311. The molecule has 0 aliphatic carbocycles. The van der Waals surface area contributed by atoms with Crippen molar-refractivity contribution in [3.05, 3.63) is 137 Å². The van der Waals surface area contributed by atoms with E-state index in [4.69, 9.17) is 37.9 Å². The summed E-state index contributed by atoms with van der Waals surface area (Å²) >= 11 is 0. The number of hydrogen-bond donors (Lipinski definition) is 0. The van der Waals surface area contributed by atoms with Crippen LogP contribution in [0.3, 0.4) is 0 Å². The van der Waals surface area contributed by atoms with Crippen molar-refractivity contribution in [3.8, 4) is 5.75 Å². The first-order valence-corrected chi connectivity index (χ1v) is 15.6. The molecule has 1 unspecified atom stereocenters. The number of hydrogen-bond acceptors (Lipinski definition) is 10. The predicted octanol–water partition coefficient (Wildman–Crippen LogP) is 5.77. The molecule has 1 fully saturated rings. The molecule has 1 aliphatic rings. The number of carbonyl (C=O) groups excluding carboxylic acids is 2. The van der Waals surface area contributed by atoms with E-state index in [-0.39, 0.29) is 30.9 Å². The third-order valence-corrected chi connectivity index (χ3v) is 7.92. The molecular formula is C38H40O10. The molecule has 4 aromatic rings. The molecule has 1 aliphatic heterocycles. The standard InChI is InChI=1S/C38H40O10/c1-41-29-20-18-28(19-21-29)24-45-33-32(25-44-22-26-12-6-4-7-13-26)47-38(35(34(33)42-2)46-23-27-14-8-5-9-15-27)48-37(40)31-17-11-10-16-30(31)36(39)43-3/h4-21,32-35,38H,22-25H2,1-3H3/t32-,33-,34+,35+,38?/m1/s1. The Morgan fingerprint density at radius 3 is 1.73 bits per heavy atom. The minimum absolute atomic E-state index is 0.0264. The summed E-state index contributed by atoms with van der Waals surface area (Å²) in [7, 11) is 4.41. The Morgan fingerprint density at radius 1 is 0.604 bits per heavy atom. The normalized spacial score (nSPS) is 20.5. The fourth-order valence-electron chi connectivity index (χ4n) is 5.42. The van der Waals surface area contributed by atoms with Crippen molar-refractivity contribution in [3.63, 3.8) is 0 Å². The first-order chi connectivity index (χ1) is 23.5. The van der Waals surface area contributed by atoms with E-state index in [0.717, 1.165) is 22.4 Å². The van der Waals surface area contributed by atoms with Gasteiger partial charge in [-0.25, -0.2) is 9.59 Å². The van der Waals surface area contributed by atoms with Crippen molar-refractivity contribution in [1.29, 1.82) is 0 Å². The smallest absolute Gasteiger partial charge is 0.341 e. The summed E-state index contributed by atoms with van der Waals surface area (Å²) in [5.41, 5.74) is 2.88. The van der Waals surface area contributed by atoms with Gasteiger partial charge in [-0.1, -0.05) is 84.9 Å². The number of esters is 2. The Labute approximate surface area is 280 Å². The molecule has 10 nitrogen and oxygen atoms in total. The van der Waals surface area contributed by atoms with E-state index in [1.165, 1.54) is 19.2 Å². The van der Waals surface area contributed by atoms with Crippen LogP contribution in [0.2, 0.25) is 0 Å². The van der Waals surface area contributed by atoms with Gasteiger partial charge in [0, 0.05) is 7.11 Å². The van der Waals surface area contributed by atoms with Gasteiger partial charge >= 0.3 is 11.9 Å². The van der Waals surface area contributed by atoms with E-state index in [0.29, 0.717) is 6.61 Å². The van der Waals surface area contributed by atoms with Crippen molar-refractivity contribution in [1.82, 2.24) is 0 Å². The summed E-state index contributed by atoms with van der Waals surface area (Å²) in [5.74, 6) is -0.724. The van der Waals surface area contributed by atoms with Gasteiger partial charge in [0.25, 0.3) is 0 Å². The third-order valence-electron chi connectivity index (χ3n) is 7.92. The molecule has 5 atom stereocenters. The molecule has 10 heteroatoms. The average Bonchev–Trinajstić information content (AvgIpc) is 3.14. The van der Waals surface area contributed by atoms with Crippen LogP contribution in [0.1, 0.15) is 37.4 Å². The first kappa shape index (κ1) is 34.7. The van der Waals surface area contributed by atoms with Gasteiger partial charge in [-0.15, -0.1) is 0 Å². The summed E-state index contributed by atoms with van der Waals surface area (Å²) < 4.78 is 47.7. The minimum atomic E-state index is -1.25. The molecular weight excluding hydrogens is 616 g/mol. The number of ether oxygens (including phenoxy) is 8. The van der Waals surface area contributed by atoms with E-state index in [1.54, 1.807) is 26.4 Å². The van der Waals surface area contributed by atoms with Gasteiger partial charge in [0.1, 0.15) is 30.2 Å². The molecule has 1 heterocycles. The highest BCUT2D eigenvalue weighted by atomic mass is 16.7. The van der Waals surface area contributed by atoms with Gasteiger partial charge in [0.05, 0.1) is 51.8 Å². The van der Waals surface area contributed by atoms with Crippen LogP contribution in [-0.2, 0) is 53.0 Å². The Kier molecular flexibility index (Phi) is 12.7. The Bertz CT molecular complexity index is 1580. The maximum absolute atomic E-state index is 13.6. The van der Waals surface area contributed by atoms with Gasteiger partial charge in [-0.05, 0) is 41.0 Å². The Hall–Kier alpha value is -4.58. The second-order valence-corrected chi connectivity index (χ2v) is 11.1. The van der Waals surface area contributed by atoms with Crippen LogP contribution < -0.4 is 4.74 Å². The van der Waals surface area contributed by atoms with Crippen molar-refractivity contribution in [2.24, 2.45) is 0 Å². The number of methoxy groups -OCH3 is 3. The Morgan fingerprint density at radius 2 is 1.15 bits per heavy atom. The molecule has 0 spiro atoms. The largest absolute Gasteiger partial charge is 0.497 e. The summed E-state index contributed by atoms with van der Waals surface area (Å²) in [6.45, 7) is 0.839. The van der Waals surface area contributed by atoms with Gasteiger partial charge < -0.3 is 37.9 Å². The van der Waals surface area contributed by atoms with E-state index in [1.807, 2.05) is 84.9 Å². The summed E-state index contributed by atoms with van der Waals surface area (Å²) in [6.07, 6.45) is -4.34. The molecule has 0 saturated carbocycles. The molecule has 0 aromatic heterocycles. The summed E-state index contributed by atoms with van der Waals surface area (Å²) in [4.78, 5) is 26.1. The molecule has 252 valence electrons. The lowest BCUT2D eigenvalue weighted by Crippen LogP contribution is -2.61. The molecule has 5 rings (SSSR count).